The summed E-state index contributed by atoms with van der Waals surface area (Å²) in [6.45, 7) is 1.67. The molecule has 0 bridgehead atoms. The molecule has 0 aliphatic heterocycles. The van der Waals surface area contributed by atoms with Crippen LogP contribution in [0.15, 0.2) is 24.4 Å². The van der Waals surface area contributed by atoms with Crippen LogP contribution in [-0.2, 0) is 26.0 Å². The maximum atomic E-state index is 14.8. The molecule has 0 unspecified atom stereocenters. The lowest BCUT2D eigenvalue weighted by Crippen LogP contribution is -2.17. The molecule has 0 amide bonds. The molecule has 30 heavy (non-hydrogen) atoms. The van der Waals surface area contributed by atoms with Crippen LogP contribution >= 0.6 is 0 Å². The van der Waals surface area contributed by atoms with Crippen LogP contribution in [0.5, 0.6) is 0 Å². The number of nitrogens with one attached hydrogen (secondary N) is 3. The van der Waals surface area contributed by atoms with Crippen molar-refractivity contribution in [2.24, 2.45) is 0 Å². The molecule has 0 aliphatic carbocycles. The molecular formula is C18H19F2N5O4S. The summed E-state index contributed by atoms with van der Waals surface area (Å²) in [4.78, 5) is 15.6. The standard InChI is InChI=1S/C18H19F2N5O4S/c1-3-6-30(27,28)25-13-5-4-12(19)17(16(13)20)22-10-7-11-14(8-15(26)29-2)23-24-18(11)21-9-10/h4-5,7,9,22,25H,3,6,8H2,1-2H3,(H,21,23,24). The van der Waals surface area contributed by atoms with Gasteiger partial charge in [0.15, 0.2) is 11.5 Å². The number of sulfonamides is 1. The number of anilines is 3. The molecule has 9 nitrogen and oxygen atoms in total. The van der Waals surface area contributed by atoms with Gasteiger partial charge >= 0.3 is 5.97 Å². The van der Waals surface area contributed by atoms with E-state index < -0.39 is 33.3 Å². The van der Waals surface area contributed by atoms with Gasteiger partial charge in [-0.3, -0.25) is 14.6 Å². The summed E-state index contributed by atoms with van der Waals surface area (Å²) in [5, 5.41) is 9.67. The number of fused-ring (bicyclic) bond motifs is 1. The molecule has 0 saturated heterocycles. The fourth-order valence-electron chi connectivity index (χ4n) is 2.75. The van der Waals surface area contributed by atoms with Crippen molar-refractivity contribution in [3.63, 3.8) is 0 Å². The Morgan fingerprint density at radius 1 is 1.30 bits per heavy atom. The Morgan fingerprint density at radius 3 is 2.77 bits per heavy atom. The summed E-state index contributed by atoms with van der Waals surface area (Å²) in [6, 6.07) is 3.47. The number of pyridine rings is 1. The number of carbonyl (C=O) groups is 1. The predicted octanol–water partition coefficient (Wildman–Crippen LogP) is 2.85. The predicted molar refractivity (Wildman–Crippen MR) is 107 cm³/mol. The number of methoxy groups -OCH3 is 1. The van der Waals surface area contributed by atoms with E-state index in [1.807, 2.05) is 0 Å². The second kappa shape index (κ2) is 8.61. The minimum atomic E-state index is -3.76. The number of benzene rings is 1. The first kappa shape index (κ1) is 21.4. The number of rotatable bonds is 8. The van der Waals surface area contributed by atoms with Gasteiger partial charge in [0.25, 0.3) is 0 Å². The highest BCUT2D eigenvalue weighted by Crippen LogP contribution is 2.30. The number of halogens is 2. The Bertz CT molecular complexity index is 1200. The summed E-state index contributed by atoms with van der Waals surface area (Å²) in [5.74, 6) is -2.72. The van der Waals surface area contributed by atoms with Crippen molar-refractivity contribution in [2.75, 3.05) is 22.9 Å². The molecule has 0 atom stereocenters. The minimum Gasteiger partial charge on any atom is -0.469 e. The van der Waals surface area contributed by atoms with E-state index in [0.29, 0.717) is 23.1 Å². The highest BCUT2D eigenvalue weighted by molar-refractivity contribution is 7.92. The summed E-state index contributed by atoms with van der Waals surface area (Å²) in [6.07, 6.45) is 1.56. The molecule has 3 N–H and O–H groups in total. The van der Waals surface area contributed by atoms with Gasteiger partial charge in [-0.05, 0) is 24.6 Å². The zero-order valence-electron chi connectivity index (χ0n) is 16.1. The van der Waals surface area contributed by atoms with Crippen molar-refractivity contribution in [3.8, 4) is 0 Å². The third-order valence-electron chi connectivity index (χ3n) is 4.14. The number of hydrogen-bond acceptors (Lipinski definition) is 7. The normalized spacial score (nSPS) is 11.5. The van der Waals surface area contributed by atoms with Crippen molar-refractivity contribution in [1.29, 1.82) is 0 Å². The van der Waals surface area contributed by atoms with Gasteiger partial charge in [-0.25, -0.2) is 22.2 Å². The van der Waals surface area contributed by atoms with Crippen LogP contribution in [0.4, 0.5) is 25.8 Å². The van der Waals surface area contributed by atoms with E-state index in [4.69, 9.17) is 0 Å². The molecule has 12 heteroatoms. The molecule has 1 aromatic carbocycles. The zero-order valence-corrected chi connectivity index (χ0v) is 16.9. The van der Waals surface area contributed by atoms with E-state index in [0.717, 1.165) is 12.1 Å². The van der Waals surface area contributed by atoms with E-state index in [-0.39, 0.29) is 23.5 Å². The topological polar surface area (TPSA) is 126 Å². The van der Waals surface area contributed by atoms with Gasteiger partial charge in [0.2, 0.25) is 10.0 Å². The molecule has 2 heterocycles. The molecule has 0 saturated carbocycles. The van der Waals surface area contributed by atoms with E-state index in [2.05, 4.69) is 30.0 Å². The Balaban J connectivity index is 1.94. The van der Waals surface area contributed by atoms with Crippen LogP contribution in [0.25, 0.3) is 11.0 Å². The average Bonchev–Trinajstić information content (AvgIpc) is 3.09. The molecular weight excluding hydrogens is 420 g/mol. The number of carbonyl (C=O) groups excluding carboxylic acids is 1. The molecule has 160 valence electrons. The lowest BCUT2D eigenvalue weighted by Gasteiger charge is -2.13. The molecule has 2 aromatic heterocycles. The SMILES string of the molecule is CCCS(=O)(=O)Nc1ccc(F)c(Nc2cnc3n[nH]c(CC(=O)OC)c3c2)c1F. The molecule has 0 radical (unpaired) electrons. The first-order valence-electron chi connectivity index (χ1n) is 8.89. The molecule has 3 rings (SSSR count). The maximum Gasteiger partial charge on any atom is 0.311 e. The van der Waals surface area contributed by atoms with Gasteiger partial charge in [0, 0.05) is 5.39 Å². The van der Waals surface area contributed by atoms with Crippen molar-refractivity contribution in [1.82, 2.24) is 15.2 Å². The van der Waals surface area contributed by atoms with Gasteiger partial charge in [-0.1, -0.05) is 6.92 Å². The summed E-state index contributed by atoms with van der Waals surface area (Å²) in [5.41, 5.74) is 0.0137. The highest BCUT2D eigenvalue weighted by Gasteiger charge is 2.19. The Labute approximate surface area is 170 Å². The van der Waals surface area contributed by atoms with Crippen LogP contribution in [0.2, 0.25) is 0 Å². The number of H-pyrrole nitrogens is 1. The third kappa shape index (κ3) is 4.64. The van der Waals surface area contributed by atoms with Crippen LogP contribution in [0.3, 0.4) is 0 Å². The number of aromatic nitrogens is 3. The largest absolute Gasteiger partial charge is 0.469 e. The van der Waals surface area contributed by atoms with Crippen LogP contribution in [-0.4, -0.2) is 42.4 Å². The van der Waals surface area contributed by atoms with Gasteiger partial charge in [0.1, 0.15) is 11.5 Å². The van der Waals surface area contributed by atoms with Crippen LogP contribution < -0.4 is 10.0 Å². The quantitative estimate of drug-likeness (QED) is 0.461. The number of esters is 1. The second-order valence-electron chi connectivity index (χ2n) is 6.38. The summed E-state index contributed by atoms with van der Waals surface area (Å²) < 4.78 is 59.7. The van der Waals surface area contributed by atoms with Crippen molar-refractivity contribution in [3.05, 3.63) is 41.7 Å². The van der Waals surface area contributed by atoms with E-state index in [1.54, 1.807) is 6.92 Å². The fraction of sp³-hybridized carbons (Fsp3) is 0.278. The molecule has 0 fully saturated rings. The van der Waals surface area contributed by atoms with Gasteiger partial charge in [-0.2, -0.15) is 5.10 Å². The van der Waals surface area contributed by atoms with E-state index >= 15 is 0 Å². The van der Waals surface area contributed by atoms with Crippen molar-refractivity contribution >= 4 is 44.1 Å². The monoisotopic (exact) mass is 439 g/mol. The maximum absolute atomic E-state index is 14.8. The summed E-state index contributed by atoms with van der Waals surface area (Å²) in [7, 11) is -2.51. The van der Waals surface area contributed by atoms with Crippen molar-refractivity contribution < 1.29 is 26.7 Å². The minimum absolute atomic E-state index is 0.0877. The van der Waals surface area contributed by atoms with Crippen LogP contribution in [0, 0.1) is 11.6 Å². The van der Waals surface area contributed by atoms with Crippen LogP contribution in [0.1, 0.15) is 19.0 Å². The fourth-order valence-corrected chi connectivity index (χ4v) is 3.88. The third-order valence-corrected chi connectivity index (χ3v) is 5.61. The Morgan fingerprint density at radius 2 is 2.07 bits per heavy atom. The number of hydrogen-bond donors (Lipinski definition) is 3. The smallest absolute Gasteiger partial charge is 0.311 e. The number of ether oxygens (including phenoxy) is 1. The van der Waals surface area contributed by atoms with Crippen molar-refractivity contribution in [2.45, 2.75) is 19.8 Å². The Hall–Kier alpha value is -3.28. The first-order chi connectivity index (χ1) is 14.2. The van der Waals surface area contributed by atoms with E-state index in [1.165, 1.54) is 19.4 Å². The average molecular weight is 439 g/mol. The lowest BCUT2D eigenvalue weighted by atomic mass is 10.2. The van der Waals surface area contributed by atoms with E-state index in [9.17, 15) is 22.0 Å². The number of aromatic amines is 1. The highest BCUT2D eigenvalue weighted by atomic mass is 32.2. The zero-order chi connectivity index (χ0) is 21.9. The van der Waals surface area contributed by atoms with Gasteiger partial charge in [-0.15, -0.1) is 0 Å². The van der Waals surface area contributed by atoms with Gasteiger partial charge < -0.3 is 10.1 Å². The molecule has 0 aliphatic rings. The first-order valence-corrected chi connectivity index (χ1v) is 10.5. The van der Waals surface area contributed by atoms with Gasteiger partial charge in [0.05, 0.1) is 42.5 Å². The molecule has 3 aromatic rings. The summed E-state index contributed by atoms with van der Waals surface area (Å²) >= 11 is 0. The lowest BCUT2D eigenvalue weighted by molar-refractivity contribution is -0.139. The number of nitrogens with zero attached hydrogens (tertiary/aromatic N) is 2. The Kier molecular flexibility index (Phi) is 6.15. The second-order valence-corrected chi connectivity index (χ2v) is 8.22. The molecule has 0 spiro atoms.